The Bertz CT molecular complexity index is 186. The van der Waals surface area contributed by atoms with Crippen molar-refractivity contribution < 1.29 is 5.11 Å². The standard InChI is InChI=1S/C11H22N2O/c1-12-6-2-4-10(8-12)9-13-7-3-5-11(13)14/h10-11,14H,2-9H2,1H3. The molecule has 3 heteroatoms. The van der Waals surface area contributed by atoms with Gasteiger partial charge in [-0.2, -0.15) is 0 Å². The number of piperidine rings is 1. The Hall–Kier alpha value is -0.120. The smallest absolute Gasteiger partial charge is 0.107 e. The first-order valence-electron chi connectivity index (χ1n) is 5.86. The van der Waals surface area contributed by atoms with Crippen molar-refractivity contribution in [3.63, 3.8) is 0 Å². The first kappa shape index (κ1) is 10.4. The third-order valence-electron chi connectivity index (χ3n) is 3.54. The van der Waals surface area contributed by atoms with E-state index in [2.05, 4.69) is 16.8 Å². The minimum absolute atomic E-state index is 0.151. The number of hydrogen-bond acceptors (Lipinski definition) is 3. The molecule has 2 aliphatic heterocycles. The molecular formula is C11H22N2O. The summed E-state index contributed by atoms with van der Waals surface area (Å²) in [5.74, 6) is 0.779. The first-order chi connectivity index (χ1) is 6.75. The van der Waals surface area contributed by atoms with Crippen molar-refractivity contribution in [2.75, 3.05) is 33.2 Å². The fraction of sp³-hybridized carbons (Fsp3) is 1.00. The minimum atomic E-state index is -0.151. The van der Waals surface area contributed by atoms with Crippen LogP contribution < -0.4 is 0 Å². The van der Waals surface area contributed by atoms with Crippen LogP contribution in [0.3, 0.4) is 0 Å². The molecule has 2 unspecified atom stereocenters. The van der Waals surface area contributed by atoms with Gasteiger partial charge in [0.2, 0.25) is 0 Å². The predicted octanol–water partition coefficient (Wildman–Crippen LogP) is 0.742. The lowest BCUT2D eigenvalue weighted by atomic mass is 9.98. The molecule has 2 atom stereocenters. The molecule has 0 aromatic carbocycles. The molecule has 82 valence electrons. The van der Waals surface area contributed by atoms with Crippen molar-refractivity contribution >= 4 is 0 Å². The molecule has 0 aliphatic carbocycles. The van der Waals surface area contributed by atoms with Gasteiger partial charge in [-0.15, -0.1) is 0 Å². The molecule has 0 aromatic heterocycles. The quantitative estimate of drug-likeness (QED) is 0.709. The molecule has 1 N–H and O–H groups in total. The van der Waals surface area contributed by atoms with Gasteiger partial charge in [0.1, 0.15) is 6.23 Å². The van der Waals surface area contributed by atoms with Crippen LogP contribution in [0.25, 0.3) is 0 Å². The second-order valence-corrected chi connectivity index (χ2v) is 4.89. The van der Waals surface area contributed by atoms with Crippen LogP contribution in [0.4, 0.5) is 0 Å². The fourth-order valence-corrected chi connectivity index (χ4v) is 2.78. The third-order valence-corrected chi connectivity index (χ3v) is 3.54. The van der Waals surface area contributed by atoms with E-state index in [1.807, 2.05) is 0 Å². The summed E-state index contributed by atoms with van der Waals surface area (Å²) in [7, 11) is 2.20. The Morgan fingerprint density at radius 3 is 2.64 bits per heavy atom. The molecule has 14 heavy (non-hydrogen) atoms. The van der Waals surface area contributed by atoms with Crippen molar-refractivity contribution in [2.45, 2.75) is 31.9 Å². The predicted molar refractivity (Wildman–Crippen MR) is 57.0 cm³/mol. The number of hydrogen-bond donors (Lipinski definition) is 1. The maximum absolute atomic E-state index is 9.70. The van der Waals surface area contributed by atoms with Crippen LogP contribution in [0.2, 0.25) is 0 Å². The summed E-state index contributed by atoms with van der Waals surface area (Å²) >= 11 is 0. The molecule has 3 nitrogen and oxygen atoms in total. The SMILES string of the molecule is CN1CCCC(CN2CCCC2O)C1. The van der Waals surface area contributed by atoms with E-state index in [9.17, 15) is 5.11 Å². The molecule has 0 aromatic rings. The Balaban J connectivity index is 1.78. The van der Waals surface area contributed by atoms with Gasteiger partial charge in [0.05, 0.1) is 0 Å². The zero-order valence-electron chi connectivity index (χ0n) is 9.15. The zero-order chi connectivity index (χ0) is 9.97. The van der Waals surface area contributed by atoms with E-state index in [1.165, 1.54) is 32.4 Å². The monoisotopic (exact) mass is 198 g/mol. The molecule has 0 radical (unpaired) electrons. The second kappa shape index (κ2) is 4.60. The lowest BCUT2D eigenvalue weighted by Crippen LogP contribution is -2.40. The van der Waals surface area contributed by atoms with Gasteiger partial charge in [-0.25, -0.2) is 0 Å². The molecule has 0 spiro atoms. The van der Waals surface area contributed by atoms with Gasteiger partial charge in [-0.3, -0.25) is 4.90 Å². The van der Waals surface area contributed by atoms with Gasteiger partial charge < -0.3 is 10.0 Å². The number of nitrogens with zero attached hydrogens (tertiary/aromatic N) is 2. The highest BCUT2D eigenvalue weighted by molar-refractivity contribution is 4.78. The molecule has 2 heterocycles. The van der Waals surface area contributed by atoms with Crippen LogP contribution in [0.15, 0.2) is 0 Å². The molecular weight excluding hydrogens is 176 g/mol. The second-order valence-electron chi connectivity index (χ2n) is 4.89. The molecule has 0 bridgehead atoms. The highest BCUT2D eigenvalue weighted by Crippen LogP contribution is 2.21. The van der Waals surface area contributed by atoms with Crippen LogP contribution in [-0.4, -0.2) is 54.4 Å². The Morgan fingerprint density at radius 2 is 2.00 bits per heavy atom. The summed E-state index contributed by atoms with van der Waals surface area (Å²) in [4.78, 5) is 4.67. The van der Waals surface area contributed by atoms with Crippen LogP contribution in [0.5, 0.6) is 0 Å². The van der Waals surface area contributed by atoms with Crippen LogP contribution in [0, 0.1) is 5.92 Å². The van der Waals surface area contributed by atoms with E-state index in [-0.39, 0.29) is 6.23 Å². The topological polar surface area (TPSA) is 26.7 Å². The average molecular weight is 198 g/mol. The lowest BCUT2D eigenvalue weighted by molar-refractivity contribution is 0.0193. The van der Waals surface area contributed by atoms with Crippen molar-refractivity contribution in [1.82, 2.24) is 9.80 Å². The fourth-order valence-electron chi connectivity index (χ4n) is 2.78. The van der Waals surface area contributed by atoms with Crippen molar-refractivity contribution in [1.29, 1.82) is 0 Å². The highest BCUT2D eigenvalue weighted by atomic mass is 16.3. The Labute approximate surface area is 86.7 Å². The normalized spacial score (nSPS) is 36.4. The molecule has 0 saturated carbocycles. The van der Waals surface area contributed by atoms with E-state index >= 15 is 0 Å². The minimum Gasteiger partial charge on any atom is -0.378 e. The van der Waals surface area contributed by atoms with Crippen LogP contribution >= 0.6 is 0 Å². The average Bonchev–Trinajstić information content (AvgIpc) is 2.52. The molecule has 2 saturated heterocycles. The zero-order valence-corrected chi connectivity index (χ0v) is 9.15. The summed E-state index contributed by atoms with van der Waals surface area (Å²) in [6, 6.07) is 0. The van der Waals surface area contributed by atoms with E-state index in [0.717, 1.165) is 25.4 Å². The van der Waals surface area contributed by atoms with Gasteiger partial charge in [0.15, 0.2) is 0 Å². The molecule has 0 amide bonds. The summed E-state index contributed by atoms with van der Waals surface area (Å²) < 4.78 is 0. The summed E-state index contributed by atoms with van der Waals surface area (Å²) in [5, 5.41) is 9.70. The maximum Gasteiger partial charge on any atom is 0.107 e. The van der Waals surface area contributed by atoms with Crippen LogP contribution in [-0.2, 0) is 0 Å². The van der Waals surface area contributed by atoms with Gasteiger partial charge >= 0.3 is 0 Å². The van der Waals surface area contributed by atoms with Gasteiger partial charge in [0.25, 0.3) is 0 Å². The number of rotatable bonds is 2. The molecule has 2 rings (SSSR count). The Morgan fingerprint density at radius 1 is 1.21 bits per heavy atom. The van der Waals surface area contributed by atoms with Gasteiger partial charge in [-0.1, -0.05) is 0 Å². The summed E-state index contributed by atoms with van der Waals surface area (Å²) in [6.45, 7) is 4.66. The van der Waals surface area contributed by atoms with Crippen molar-refractivity contribution in [2.24, 2.45) is 5.92 Å². The lowest BCUT2D eigenvalue weighted by Gasteiger charge is -2.33. The number of aliphatic hydroxyl groups is 1. The van der Waals surface area contributed by atoms with E-state index in [4.69, 9.17) is 0 Å². The molecule has 2 aliphatic rings. The number of likely N-dealkylation sites (tertiary alicyclic amines) is 2. The largest absolute Gasteiger partial charge is 0.378 e. The molecule has 2 fully saturated rings. The third kappa shape index (κ3) is 2.47. The Kier molecular flexibility index (Phi) is 3.42. The van der Waals surface area contributed by atoms with E-state index in [1.54, 1.807) is 0 Å². The maximum atomic E-state index is 9.70. The van der Waals surface area contributed by atoms with Gasteiger partial charge in [-0.05, 0) is 45.2 Å². The highest BCUT2D eigenvalue weighted by Gasteiger charge is 2.26. The number of aliphatic hydroxyl groups excluding tert-OH is 1. The van der Waals surface area contributed by atoms with Crippen molar-refractivity contribution in [3.8, 4) is 0 Å². The van der Waals surface area contributed by atoms with Crippen LogP contribution in [0.1, 0.15) is 25.7 Å². The van der Waals surface area contributed by atoms with E-state index in [0.29, 0.717) is 0 Å². The van der Waals surface area contributed by atoms with Gasteiger partial charge in [0, 0.05) is 19.6 Å². The summed E-state index contributed by atoms with van der Waals surface area (Å²) in [5.41, 5.74) is 0. The van der Waals surface area contributed by atoms with Crippen molar-refractivity contribution in [3.05, 3.63) is 0 Å². The first-order valence-corrected chi connectivity index (χ1v) is 5.86. The van der Waals surface area contributed by atoms with E-state index < -0.39 is 0 Å². The summed E-state index contributed by atoms with van der Waals surface area (Å²) in [6.07, 6.45) is 4.66.